The summed E-state index contributed by atoms with van der Waals surface area (Å²) in [6.07, 6.45) is 9.25. The molecular formula is C11H18. The highest BCUT2D eigenvalue weighted by molar-refractivity contribution is 5.08. The number of unbranched alkanes of at least 4 members (excludes halogenated alkanes) is 4. The van der Waals surface area contributed by atoms with E-state index in [1.54, 1.807) is 0 Å². The molecule has 11 heavy (non-hydrogen) atoms. The van der Waals surface area contributed by atoms with Gasteiger partial charge in [0.05, 0.1) is 0 Å². The molecule has 0 nitrogen and oxygen atoms in total. The van der Waals surface area contributed by atoms with Gasteiger partial charge in [0.15, 0.2) is 0 Å². The van der Waals surface area contributed by atoms with E-state index in [1.165, 1.54) is 38.5 Å². The molecule has 0 aliphatic heterocycles. The Bertz CT molecular complexity index is 143. The largest absolute Gasteiger partial charge is 0.103 e. The van der Waals surface area contributed by atoms with Crippen LogP contribution in [0.15, 0.2) is 0 Å². The first-order chi connectivity index (χ1) is 5.43. The Labute approximate surface area is 70.4 Å². The van der Waals surface area contributed by atoms with Crippen molar-refractivity contribution in [1.82, 2.24) is 0 Å². The monoisotopic (exact) mass is 150 g/mol. The van der Waals surface area contributed by atoms with E-state index in [4.69, 9.17) is 0 Å². The first-order valence-electron chi connectivity index (χ1n) is 4.92. The second kappa shape index (κ2) is 5.24. The van der Waals surface area contributed by atoms with Crippen LogP contribution in [0, 0.1) is 17.8 Å². The molecule has 0 heterocycles. The minimum absolute atomic E-state index is 0.793. The van der Waals surface area contributed by atoms with E-state index >= 15 is 0 Å². The van der Waals surface area contributed by atoms with Gasteiger partial charge in [-0.25, -0.2) is 0 Å². The Balaban J connectivity index is 1.84. The lowest BCUT2D eigenvalue weighted by atomic mass is 10.1. The molecule has 1 rings (SSSR count). The van der Waals surface area contributed by atoms with E-state index in [-0.39, 0.29) is 0 Å². The number of hydrogen-bond donors (Lipinski definition) is 0. The molecule has 0 aromatic heterocycles. The molecule has 1 saturated carbocycles. The van der Waals surface area contributed by atoms with Crippen molar-refractivity contribution in [3.8, 4) is 11.8 Å². The molecule has 0 bridgehead atoms. The minimum Gasteiger partial charge on any atom is -0.103 e. The third kappa shape index (κ3) is 4.90. The van der Waals surface area contributed by atoms with Crippen LogP contribution in [-0.4, -0.2) is 0 Å². The quantitative estimate of drug-likeness (QED) is 0.426. The van der Waals surface area contributed by atoms with Gasteiger partial charge in [-0.2, -0.15) is 0 Å². The molecule has 0 aromatic rings. The summed E-state index contributed by atoms with van der Waals surface area (Å²) in [5.74, 6) is 7.33. The Kier molecular flexibility index (Phi) is 4.12. The van der Waals surface area contributed by atoms with Crippen LogP contribution in [0.1, 0.15) is 51.9 Å². The van der Waals surface area contributed by atoms with Crippen LogP contribution in [-0.2, 0) is 0 Å². The van der Waals surface area contributed by atoms with Crippen molar-refractivity contribution in [2.75, 3.05) is 0 Å². The normalized spacial score (nSPS) is 15.7. The van der Waals surface area contributed by atoms with Gasteiger partial charge < -0.3 is 0 Å². The average molecular weight is 150 g/mol. The molecule has 1 aliphatic carbocycles. The summed E-state index contributed by atoms with van der Waals surface area (Å²) in [4.78, 5) is 0. The molecule has 0 radical (unpaired) electrons. The average Bonchev–Trinajstić information content (AvgIpc) is 2.80. The van der Waals surface area contributed by atoms with Crippen LogP contribution in [0.3, 0.4) is 0 Å². The minimum atomic E-state index is 0.793. The maximum Gasteiger partial charge on any atom is 0.0203 e. The lowest BCUT2D eigenvalue weighted by molar-refractivity contribution is 0.679. The van der Waals surface area contributed by atoms with Gasteiger partial charge >= 0.3 is 0 Å². The molecule has 0 heteroatoms. The zero-order valence-corrected chi connectivity index (χ0v) is 7.53. The Morgan fingerprint density at radius 2 is 2.00 bits per heavy atom. The zero-order chi connectivity index (χ0) is 7.94. The molecule has 0 unspecified atom stereocenters. The van der Waals surface area contributed by atoms with E-state index in [1.807, 2.05) is 0 Å². The highest BCUT2D eigenvalue weighted by atomic mass is 14.2. The third-order valence-corrected chi connectivity index (χ3v) is 2.04. The SMILES string of the molecule is CCCCCCC#CC1CC1. The second-order valence-corrected chi connectivity index (χ2v) is 3.41. The smallest absolute Gasteiger partial charge is 0.0203 e. The fourth-order valence-electron chi connectivity index (χ4n) is 1.08. The van der Waals surface area contributed by atoms with E-state index in [0.717, 1.165) is 12.3 Å². The summed E-state index contributed by atoms with van der Waals surface area (Å²) < 4.78 is 0. The van der Waals surface area contributed by atoms with Crippen molar-refractivity contribution in [3.63, 3.8) is 0 Å². The summed E-state index contributed by atoms with van der Waals surface area (Å²) in [7, 11) is 0. The zero-order valence-electron chi connectivity index (χ0n) is 7.53. The van der Waals surface area contributed by atoms with E-state index in [9.17, 15) is 0 Å². The third-order valence-electron chi connectivity index (χ3n) is 2.04. The first kappa shape index (κ1) is 8.65. The van der Waals surface area contributed by atoms with Crippen molar-refractivity contribution in [1.29, 1.82) is 0 Å². The van der Waals surface area contributed by atoms with Gasteiger partial charge in [-0.1, -0.05) is 32.1 Å². The number of hydrogen-bond acceptors (Lipinski definition) is 0. The predicted octanol–water partition coefficient (Wildman–Crippen LogP) is 3.37. The van der Waals surface area contributed by atoms with Crippen molar-refractivity contribution < 1.29 is 0 Å². The fraction of sp³-hybridized carbons (Fsp3) is 0.818. The highest BCUT2D eigenvalue weighted by Crippen LogP contribution is 2.27. The molecule has 62 valence electrons. The van der Waals surface area contributed by atoms with Gasteiger partial charge in [0.1, 0.15) is 0 Å². The topological polar surface area (TPSA) is 0 Å². The first-order valence-corrected chi connectivity index (χ1v) is 4.92. The van der Waals surface area contributed by atoms with E-state index in [0.29, 0.717) is 0 Å². The molecule has 1 fully saturated rings. The van der Waals surface area contributed by atoms with Crippen molar-refractivity contribution >= 4 is 0 Å². The van der Waals surface area contributed by atoms with Gasteiger partial charge in [0.25, 0.3) is 0 Å². The summed E-state index contributed by atoms with van der Waals surface area (Å²) in [6, 6.07) is 0. The van der Waals surface area contributed by atoms with Crippen LogP contribution < -0.4 is 0 Å². The standard InChI is InChI=1S/C11H18/c1-2-3-4-5-6-7-8-11-9-10-11/h11H,2-6,9-10H2,1H3. The predicted molar refractivity (Wildman–Crippen MR) is 49.3 cm³/mol. The molecule has 0 amide bonds. The maximum atomic E-state index is 3.28. The molecule has 0 spiro atoms. The summed E-state index contributed by atoms with van der Waals surface area (Å²) in [6.45, 7) is 2.25. The van der Waals surface area contributed by atoms with Crippen LogP contribution in [0.5, 0.6) is 0 Å². The van der Waals surface area contributed by atoms with Crippen molar-refractivity contribution in [3.05, 3.63) is 0 Å². The molecule has 0 aromatic carbocycles. The van der Waals surface area contributed by atoms with Gasteiger partial charge in [-0.15, -0.1) is 5.92 Å². The molecule has 1 aliphatic rings. The fourth-order valence-corrected chi connectivity index (χ4v) is 1.08. The van der Waals surface area contributed by atoms with Crippen molar-refractivity contribution in [2.24, 2.45) is 5.92 Å². The molecule has 0 saturated heterocycles. The van der Waals surface area contributed by atoms with Gasteiger partial charge in [-0.3, -0.25) is 0 Å². The second-order valence-electron chi connectivity index (χ2n) is 3.41. The Hall–Kier alpha value is -0.440. The van der Waals surface area contributed by atoms with E-state index < -0.39 is 0 Å². The number of rotatable bonds is 4. The van der Waals surface area contributed by atoms with Gasteiger partial charge in [0.2, 0.25) is 0 Å². The Morgan fingerprint density at radius 3 is 2.64 bits per heavy atom. The van der Waals surface area contributed by atoms with Crippen molar-refractivity contribution in [2.45, 2.75) is 51.9 Å². The molecule has 0 N–H and O–H groups in total. The maximum absolute atomic E-state index is 3.28. The summed E-state index contributed by atoms with van der Waals surface area (Å²) in [5, 5.41) is 0. The van der Waals surface area contributed by atoms with Crippen LogP contribution in [0.4, 0.5) is 0 Å². The van der Waals surface area contributed by atoms with Crippen LogP contribution >= 0.6 is 0 Å². The van der Waals surface area contributed by atoms with Gasteiger partial charge in [-0.05, 0) is 19.3 Å². The lowest BCUT2D eigenvalue weighted by Crippen LogP contribution is -1.74. The van der Waals surface area contributed by atoms with Gasteiger partial charge in [0, 0.05) is 12.3 Å². The Morgan fingerprint density at radius 1 is 1.18 bits per heavy atom. The molecule has 0 atom stereocenters. The lowest BCUT2D eigenvalue weighted by Gasteiger charge is -1.91. The molecular weight excluding hydrogens is 132 g/mol. The van der Waals surface area contributed by atoms with Crippen LogP contribution in [0.2, 0.25) is 0 Å². The summed E-state index contributed by atoms with van der Waals surface area (Å²) >= 11 is 0. The highest BCUT2D eigenvalue weighted by Gasteiger charge is 2.17. The van der Waals surface area contributed by atoms with E-state index in [2.05, 4.69) is 18.8 Å². The summed E-state index contributed by atoms with van der Waals surface area (Å²) in [5.41, 5.74) is 0. The van der Waals surface area contributed by atoms with Crippen LogP contribution in [0.25, 0.3) is 0 Å².